The molecule has 1 aliphatic heterocycles. The van der Waals surface area contributed by atoms with Crippen LogP contribution in [0, 0.1) is 5.82 Å². The van der Waals surface area contributed by atoms with Gasteiger partial charge in [-0.2, -0.15) is 0 Å². The van der Waals surface area contributed by atoms with E-state index in [1.165, 1.54) is 34.9 Å². The summed E-state index contributed by atoms with van der Waals surface area (Å²) < 4.78 is 13.0. The molecule has 1 heterocycles. The third-order valence-electron chi connectivity index (χ3n) is 2.50. The van der Waals surface area contributed by atoms with Gasteiger partial charge in [-0.25, -0.2) is 9.18 Å². The lowest BCUT2D eigenvalue weighted by Gasteiger charge is -2.33. The first kappa shape index (κ1) is 11.9. The summed E-state index contributed by atoms with van der Waals surface area (Å²) in [6, 6.07) is 3.75. The number of halogens is 1. The molecule has 0 radical (unpaired) electrons. The van der Waals surface area contributed by atoms with Crippen LogP contribution in [0.25, 0.3) is 0 Å². The molecule has 0 saturated carbocycles. The van der Waals surface area contributed by atoms with E-state index in [9.17, 15) is 14.0 Å². The maximum absolute atomic E-state index is 13.0. The minimum Gasteiger partial charge on any atom is -0.474 e. The van der Waals surface area contributed by atoms with Gasteiger partial charge in [0.2, 0.25) is 0 Å². The monoisotopic (exact) mass is 255 g/mol. The van der Waals surface area contributed by atoms with Crippen LogP contribution in [0.4, 0.5) is 10.1 Å². The number of carboxylic acids is 1. The fourth-order valence-corrected chi connectivity index (χ4v) is 2.82. The molecule has 0 saturated heterocycles. The van der Waals surface area contributed by atoms with Gasteiger partial charge in [-0.3, -0.25) is 9.69 Å². The Labute approximate surface area is 101 Å². The number of rotatable bonds is 0. The van der Waals surface area contributed by atoms with E-state index in [-0.39, 0.29) is 6.04 Å². The highest BCUT2D eigenvalue weighted by Gasteiger charge is 2.32. The number of amides is 1. The Balaban J connectivity index is 2.47. The van der Waals surface area contributed by atoms with E-state index < -0.39 is 17.7 Å². The minimum absolute atomic E-state index is 0.221. The van der Waals surface area contributed by atoms with Crippen LogP contribution in [0.3, 0.4) is 0 Å². The average Bonchev–Trinajstić information content (AvgIpc) is 2.28. The Hall–Kier alpha value is -1.56. The summed E-state index contributed by atoms with van der Waals surface area (Å²) in [6.45, 7) is 1.76. The second-order valence-electron chi connectivity index (χ2n) is 3.75. The van der Waals surface area contributed by atoms with Crippen LogP contribution >= 0.6 is 11.8 Å². The number of thioether (sulfide) groups is 1. The van der Waals surface area contributed by atoms with E-state index in [4.69, 9.17) is 5.11 Å². The lowest BCUT2D eigenvalue weighted by atomic mass is 10.2. The summed E-state index contributed by atoms with van der Waals surface area (Å²) >= 11 is 1.42. The molecule has 0 fully saturated rings. The fraction of sp³-hybridized carbons (Fsp3) is 0.273. The van der Waals surface area contributed by atoms with Crippen molar-refractivity contribution in [1.82, 2.24) is 0 Å². The molecule has 1 atom stereocenters. The lowest BCUT2D eigenvalue weighted by Crippen LogP contribution is -2.45. The van der Waals surface area contributed by atoms with Gasteiger partial charge in [0.25, 0.3) is 0 Å². The summed E-state index contributed by atoms with van der Waals surface area (Å²) in [7, 11) is 0. The number of hydrogen-bond donors (Lipinski definition) is 1. The third kappa shape index (κ3) is 2.12. The number of hydrogen-bond acceptors (Lipinski definition) is 3. The van der Waals surface area contributed by atoms with E-state index in [0.717, 1.165) is 0 Å². The number of nitrogens with zero attached hydrogens (tertiary/aromatic N) is 1. The topological polar surface area (TPSA) is 57.6 Å². The van der Waals surface area contributed by atoms with Gasteiger partial charge >= 0.3 is 11.9 Å². The van der Waals surface area contributed by atoms with Crippen molar-refractivity contribution in [3.8, 4) is 0 Å². The molecule has 1 N–H and O–H groups in total. The van der Waals surface area contributed by atoms with Gasteiger partial charge in [-0.1, -0.05) is 0 Å². The van der Waals surface area contributed by atoms with Crippen molar-refractivity contribution >= 4 is 29.3 Å². The van der Waals surface area contributed by atoms with Crippen molar-refractivity contribution in [3.05, 3.63) is 24.0 Å². The molecule has 0 aliphatic carbocycles. The number of aliphatic carboxylic acids is 1. The highest BCUT2D eigenvalue weighted by Crippen LogP contribution is 2.37. The highest BCUT2D eigenvalue weighted by molar-refractivity contribution is 7.99. The van der Waals surface area contributed by atoms with Gasteiger partial charge in [0, 0.05) is 16.7 Å². The van der Waals surface area contributed by atoms with Crippen molar-refractivity contribution in [1.29, 1.82) is 0 Å². The molecule has 0 aromatic heterocycles. The Bertz CT molecular complexity index is 492. The van der Waals surface area contributed by atoms with E-state index in [2.05, 4.69) is 0 Å². The number of anilines is 1. The Morgan fingerprint density at radius 2 is 2.24 bits per heavy atom. The second kappa shape index (κ2) is 4.37. The molecular formula is C11H10FNO3S. The third-order valence-corrected chi connectivity index (χ3v) is 3.79. The Morgan fingerprint density at radius 3 is 2.88 bits per heavy atom. The summed E-state index contributed by atoms with van der Waals surface area (Å²) in [5, 5.41) is 8.76. The summed E-state index contributed by atoms with van der Waals surface area (Å²) in [4.78, 5) is 24.1. The molecule has 4 nitrogen and oxygen atoms in total. The molecule has 1 amide bonds. The average molecular weight is 255 g/mol. The van der Waals surface area contributed by atoms with E-state index in [1.54, 1.807) is 6.92 Å². The Morgan fingerprint density at radius 1 is 1.53 bits per heavy atom. The first-order valence-electron chi connectivity index (χ1n) is 4.99. The van der Waals surface area contributed by atoms with Gasteiger partial charge in [0.1, 0.15) is 5.82 Å². The maximum Gasteiger partial charge on any atom is 0.394 e. The number of carbonyl (C=O) groups excluding carboxylic acids is 1. The van der Waals surface area contributed by atoms with Crippen LogP contribution in [0.1, 0.15) is 6.92 Å². The zero-order valence-corrected chi connectivity index (χ0v) is 9.83. The zero-order valence-electron chi connectivity index (χ0n) is 9.01. The van der Waals surface area contributed by atoms with Crippen LogP contribution in [0.5, 0.6) is 0 Å². The molecular weight excluding hydrogens is 245 g/mol. The molecule has 17 heavy (non-hydrogen) atoms. The number of carbonyl (C=O) groups is 2. The molecule has 2 rings (SSSR count). The molecule has 90 valence electrons. The number of benzene rings is 1. The molecule has 1 aliphatic rings. The smallest absolute Gasteiger partial charge is 0.394 e. The second-order valence-corrected chi connectivity index (χ2v) is 4.81. The van der Waals surface area contributed by atoms with Gasteiger partial charge in [-0.05, 0) is 25.1 Å². The molecule has 1 aromatic rings. The predicted octanol–water partition coefficient (Wildman–Crippen LogP) is 1.74. The highest BCUT2D eigenvalue weighted by atomic mass is 32.2. The van der Waals surface area contributed by atoms with Crippen LogP contribution in [0.2, 0.25) is 0 Å². The molecule has 1 aromatic carbocycles. The van der Waals surface area contributed by atoms with Gasteiger partial charge < -0.3 is 5.11 Å². The van der Waals surface area contributed by atoms with Crippen molar-refractivity contribution < 1.29 is 19.1 Å². The normalized spacial score (nSPS) is 18.7. The van der Waals surface area contributed by atoms with E-state index in [0.29, 0.717) is 16.3 Å². The molecule has 0 spiro atoms. The number of carboxylic acid groups (broad SMARTS) is 1. The first-order valence-corrected chi connectivity index (χ1v) is 5.98. The standard InChI is InChI=1S/C11H10FNO3S/c1-6-5-17-9-4-7(12)2-3-8(9)13(6)10(14)11(15)16/h2-4,6H,5H2,1H3,(H,15,16). The summed E-state index contributed by atoms with van der Waals surface area (Å²) in [5.41, 5.74) is 0.461. The predicted molar refractivity (Wildman–Crippen MR) is 61.7 cm³/mol. The lowest BCUT2D eigenvalue weighted by molar-refractivity contribution is -0.149. The van der Waals surface area contributed by atoms with Gasteiger partial charge in [-0.15, -0.1) is 11.8 Å². The fourth-order valence-electron chi connectivity index (χ4n) is 1.74. The van der Waals surface area contributed by atoms with Gasteiger partial charge in [0.15, 0.2) is 0 Å². The zero-order chi connectivity index (χ0) is 12.6. The SMILES string of the molecule is CC1CSc2cc(F)ccc2N1C(=O)C(=O)O. The van der Waals surface area contributed by atoms with Crippen molar-refractivity contribution in [2.75, 3.05) is 10.7 Å². The Kier molecular flexibility index (Phi) is 3.06. The quantitative estimate of drug-likeness (QED) is 0.717. The van der Waals surface area contributed by atoms with E-state index >= 15 is 0 Å². The molecule has 1 unspecified atom stereocenters. The first-order chi connectivity index (χ1) is 8.00. The summed E-state index contributed by atoms with van der Waals surface area (Å²) in [6.07, 6.45) is 0. The van der Waals surface area contributed by atoms with Crippen LogP contribution in [0.15, 0.2) is 23.1 Å². The van der Waals surface area contributed by atoms with Crippen LogP contribution in [-0.2, 0) is 9.59 Å². The summed E-state index contributed by atoms with van der Waals surface area (Å²) in [5.74, 6) is -2.33. The van der Waals surface area contributed by atoms with Crippen molar-refractivity contribution in [3.63, 3.8) is 0 Å². The molecule has 6 heteroatoms. The van der Waals surface area contributed by atoms with Crippen molar-refractivity contribution in [2.45, 2.75) is 17.9 Å². The number of fused-ring (bicyclic) bond motifs is 1. The van der Waals surface area contributed by atoms with Gasteiger partial charge in [0.05, 0.1) is 5.69 Å². The minimum atomic E-state index is -1.50. The van der Waals surface area contributed by atoms with E-state index in [1.807, 2.05) is 0 Å². The van der Waals surface area contributed by atoms with Crippen molar-refractivity contribution in [2.24, 2.45) is 0 Å². The largest absolute Gasteiger partial charge is 0.474 e. The molecule has 0 bridgehead atoms. The van der Waals surface area contributed by atoms with Crippen LogP contribution in [-0.4, -0.2) is 28.8 Å². The van der Waals surface area contributed by atoms with Crippen LogP contribution < -0.4 is 4.90 Å². The maximum atomic E-state index is 13.0.